The lowest BCUT2D eigenvalue weighted by Gasteiger charge is -2.21. The molecule has 2 heterocycles. The molecule has 1 aliphatic heterocycles. The molecule has 2 fully saturated rings. The van der Waals surface area contributed by atoms with Crippen molar-refractivity contribution < 1.29 is 4.42 Å². The Labute approximate surface area is 190 Å². The Bertz CT molecular complexity index is 773. The number of hydrogen-bond acceptors (Lipinski definition) is 4. The molecule has 29 heavy (non-hydrogen) atoms. The van der Waals surface area contributed by atoms with Gasteiger partial charge in [-0.3, -0.25) is 4.99 Å². The maximum atomic E-state index is 5.61. The highest BCUT2D eigenvalue weighted by Crippen LogP contribution is 2.26. The Kier molecular flexibility index (Phi) is 8.35. The molecule has 0 bridgehead atoms. The van der Waals surface area contributed by atoms with Crippen LogP contribution < -0.4 is 10.6 Å². The summed E-state index contributed by atoms with van der Waals surface area (Å²) in [4.78, 5) is 11.6. The van der Waals surface area contributed by atoms with Crippen molar-refractivity contribution in [3.05, 3.63) is 42.3 Å². The van der Waals surface area contributed by atoms with E-state index < -0.39 is 0 Å². The van der Waals surface area contributed by atoms with E-state index in [0.29, 0.717) is 18.5 Å². The summed E-state index contributed by atoms with van der Waals surface area (Å²) in [5.41, 5.74) is 1.86. The van der Waals surface area contributed by atoms with Crippen molar-refractivity contribution in [2.45, 2.75) is 44.7 Å². The highest BCUT2D eigenvalue weighted by Gasteiger charge is 2.26. The standard InChI is InChI=1S/C22H31N5O.HI/c1-23-22(26-19-11-12-27(15-19)14-17-7-5-6-8-17)24-13-20-16-28-21(25-20)18-9-3-2-4-10-18;/h2-4,9-10,16-17,19H,5-8,11-15H2,1H3,(H2,23,24,26);1H. The van der Waals surface area contributed by atoms with Crippen molar-refractivity contribution in [1.29, 1.82) is 0 Å². The zero-order valence-corrected chi connectivity index (χ0v) is 19.5. The number of nitrogens with one attached hydrogen (secondary N) is 2. The molecule has 158 valence electrons. The monoisotopic (exact) mass is 509 g/mol. The van der Waals surface area contributed by atoms with Crippen molar-refractivity contribution >= 4 is 29.9 Å². The molecular weight excluding hydrogens is 477 g/mol. The Hall–Kier alpha value is -1.61. The molecule has 2 aliphatic rings. The minimum absolute atomic E-state index is 0. The molecular formula is C22H32IN5O. The fraction of sp³-hybridized carbons (Fsp3) is 0.545. The van der Waals surface area contributed by atoms with Crippen LogP contribution in [0.5, 0.6) is 0 Å². The predicted octanol–water partition coefficient (Wildman–Crippen LogP) is 3.89. The van der Waals surface area contributed by atoms with E-state index in [2.05, 4.69) is 25.5 Å². The van der Waals surface area contributed by atoms with Crippen molar-refractivity contribution in [2.24, 2.45) is 10.9 Å². The molecule has 1 aromatic heterocycles. The SMILES string of the molecule is CN=C(NCc1coc(-c2ccccc2)n1)NC1CCN(CC2CCCC2)C1.I. The van der Waals surface area contributed by atoms with E-state index in [1.165, 1.54) is 45.2 Å². The van der Waals surface area contributed by atoms with Crippen LogP contribution in [0.3, 0.4) is 0 Å². The third-order valence-electron chi connectivity index (χ3n) is 5.84. The van der Waals surface area contributed by atoms with Crippen LogP contribution in [0.2, 0.25) is 0 Å². The summed E-state index contributed by atoms with van der Waals surface area (Å²) in [6, 6.07) is 10.4. The maximum Gasteiger partial charge on any atom is 0.226 e. The van der Waals surface area contributed by atoms with Gasteiger partial charge in [0.2, 0.25) is 5.89 Å². The first-order valence-corrected chi connectivity index (χ1v) is 10.5. The van der Waals surface area contributed by atoms with Gasteiger partial charge in [-0.25, -0.2) is 4.98 Å². The summed E-state index contributed by atoms with van der Waals surface area (Å²) in [5, 5.41) is 6.93. The lowest BCUT2D eigenvalue weighted by molar-refractivity contribution is 0.275. The summed E-state index contributed by atoms with van der Waals surface area (Å²) in [7, 11) is 1.82. The molecule has 0 amide bonds. The summed E-state index contributed by atoms with van der Waals surface area (Å²) >= 11 is 0. The van der Waals surface area contributed by atoms with Crippen LogP contribution in [-0.2, 0) is 6.54 Å². The van der Waals surface area contributed by atoms with Crippen molar-refractivity contribution in [3.63, 3.8) is 0 Å². The Balaban J connectivity index is 0.00000240. The molecule has 2 aromatic rings. The van der Waals surface area contributed by atoms with Gasteiger partial charge in [-0.2, -0.15) is 0 Å². The maximum absolute atomic E-state index is 5.61. The van der Waals surface area contributed by atoms with Gasteiger partial charge in [-0.05, 0) is 37.3 Å². The van der Waals surface area contributed by atoms with Crippen LogP contribution in [0.25, 0.3) is 11.5 Å². The van der Waals surface area contributed by atoms with Gasteiger partial charge in [0.25, 0.3) is 0 Å². The molecule has 1 aliphatic carbocycles. The van der Waals surface area contributed by atoms with Gasteiger partial charge in [-0.1, -0.05) is 31.0 Å². The van der Waals surface area contributed by atoms with E-state index in [1.54, 1.807) is 6.26 Å². The topological polar surface area (TPSA) is 65.7 Å². The molecule has 1 saturated carbocycles. The third-order valence-corrected chi connectivity index (χ3v) is 5.84. The highest BCUT2D eigenvalue weighted by molar-refractivity contribution is 14.0. The summed E-state index contributed by atoms with van der Waals surface area (Å²) in [6.07, 6.45) is 8.56. The molecule has 7 heteroatoms. The molecule has 1 atom stereocenters. The van der Waals surface area contributed by atoms with Crippen LogP contribution in [0.1, 0.15) is 37.8 Å². The smallest absolute Gasteiger partial charge is 0.226 e. The normalized spacial score (nSPS) is 20.6. The van der Waals surface area contributed by atoms with E-state index in [-0.39, 0.29) is 24.0 Å². The fourth-order valence-corrected chi connectivity index (χ4v) is 4.34. The second-order valence-corrected chi connectivity index (χ2v) is 7.98. The number of likely N-dealkylation sites (tertiary alicyclic amines) is 1. The van der Waals surface area contributed by atoms with Gasteiger partial charge in [-0.15, -0.1) is 24.0 Å². The van der Waals surface area contributed by atoms with Gasteiger partial charge in [0.05, 0.1) is 12.2 Å². The Morgan fingerprint density at radius 3 is 2.76 bits per heavy atom. The second kappa shape index (κ2) is 11.0. The zero-order chi connectivity index (χ0) is 19.2. The molecule has 6 nitrogen and oxygen atoms in total. The van der Waals surface area contributed by atoms with Crippen LogP contribution >= 0.6 is 24.0 Å². The lowest BCUT2D eigenvalue weighted by atomic mass is 10.1. The lowest BCUT2D eigenvalue weighted by Crippen LogP contribution is -2.44. The number of hydrogen-bond donors (Lipinski definition) is 2. The molecule has 4 rings (SSSR count). The third kappa shape index (κ3) is 6.18. The molecule has 0 radical (unpaired) electrons. The van der Waals surface area contributed by atoms with Gasteiger partial charge in [0.15, 0.2) is 5.96 Å². The number of nitrogens with zero attached hydrogens (tertiary/aromatic N) is 3. The van der Waals surface area contributed by atoms with Crippen molar-refractivity contribution in [3.8, 4) is 11.5 Å². The number of guanidine groups is 1. The average Bonchev–Trinajstić information content (AvgIpc) is 3.49. The average molecular weight is 509 g/mol. The minimum atomic E-state index is 0. The van der Waals surface area contributed by atoms with E-state index in [0.717, 1.165) is 29.7 Å². The number of benzene rings is 1. The zero-order valence-electron chi connectivity index (χ0n) is 17.1. The van der Waals surface area contributed by atoms with Gasteiger partial charge in [0, 0.05) is 38.3 Å². The van der Waals surface area contributed by atoms with Gasteiger partial charge in [0.1, 0.15) is 6.26 Å². The number of halogens is 1. The summed E-state index contributed by atoms with van der Waals surface area (Å²) < 4.78 is 5.61. The van der Waals surface area contributed by atoms with Crippen molar-refractivity contribution in [2.75, 3.05) is 26.7 Å². The van der Waals surface area contributed by atoms with Crippen molar-refractivity contribution in [1.82, 2.24) is 20.5 Å². The van der Waals surface area contributed by atoms with Gasteiger partial charge >= 0.3 is 0 Å². The van der Waals surface area contributed by atoms with E-state index in [4.69, 9.17) is 4.42 Å². The van der Waals surface area contributed by atoms with Crippen LogP contribution in [-0.4, -0.2) is 48.6 Å². The highest BCUT2D eigenvalue weighted by atomic mass is 127. The minimum Gasteiger partial charge on any atom is -0.444 e. The molecule has 1 saturated heterocycles. The molecule has 1 unspecified atom stereocenters. The Morgan fingerprint density at radius 1 is 1.21 bits per heavy atom. The first-order chi connectivity index (χ1) is 13.8. The van der Waals surface area contributed by atoms with Crippen LogP contribution in [0.4, 0.5) is 0 Å². The van der Waals surface area contributed by atoms with E-state index >= 15 is 0 Å². The number of oxazole rings is 1. The van der Waals surface area contributed by atoms with Gasteiger partial charge < -0.3 is 20.0 Å². The fourth-order valence-electron chi connectivity index (χ4n) is 4.34. The Morgan fingerprint density at radius 2 is 2.00 bits per heavy atom. The van der Waals surface area contributed by atoms with Crippen LogP contribution in [0, 0.1) is 5.92 Å². The molecule has 2 N–H and O–H groups in total. The molecule has 1 aromatic carbocycles. The van der Waals surface area contributed by atoms with E-state index in [9.17, 15) is 0 Å². The summed E-state index contributed by atoms with van der Waals surface area (Å²) in [5.74, 6) is 2.40. The predicted molar refractivity (Wildman–Crippen MR) is 127 cm³/mol. The quantitative estimate of drug-likeness (QED) is 0.352. The number of aliphatic imine (C=N–C) groups is 1. The van der Waals surface area contributed by atoms with E-state index in [1.807, 2.05) is 37.4 Å². The second-order valence-electron chi connectivity index (χ2n) is 7.98. The summed E-state index contributed by atoms with van der Waals surface area (Å²) in [6.45, 7) is 4.16. The largest absolute Gasteiger partial charge is 0.444 e. The number of rotatable bonds is 6. The number of aromatic nitrogens is 1. The first-order valence-electron chi connectivity index (χ1n) is 10.5. The van der Waals surface area contributed by atoms with Crippen LogP contribution in [0.15, 0.2) is 46.0 Å². The first kappa shape index (κ1) is 22.1. The molecule has 0 spiro atoms.